The zero-order chi connectivity index (χ0) is 19.9. The summed E-state index contributed by atoms with van der Waals surface area (Å²) in [4.78, 5) is 0.0894. The van der Waals surface area contributed by atoms with Crippen LogP contribution in [0, 0.1) is 6.92 Å². The molecule has 28 heavy (non-hydrogen) atoms. The second-order valence-electron chi connectivity index (χ2n) is 6.00. The topological polar surface area (TPSA) is 78.0 Å². The van der Waals surface area contributed by atoms with Gasteiger partial charge in [0.1, 0.15) is 11.5 Å². The van der Waals surface area contributed by atoms with Gasteiger partial charge in [-0.05, 0) is 49.4 Å². The lowest BCUT2D eigenvalue weighted by Crippen LogP contribution is -2.13. The van der Waals surface area contributed by atoms with Crippen molar-refractivity contribution in [1.29, 1.82) is 0 Å². The lowest BCUT2D eigenvalue weighted by Gasteiger charge is -2.04. The van der Waals surface area contributed by atoms with E-state index in [1.807, 2.05) is 12.1 Å². The normalized spacial score (nSPS) is 11.7. The van der Waals surface area contributed by atoms with E-state index in [9.17, 15) is 8.42 Å². The van der Waals surface area contributed by atoms with Gasteiger partial charge in [-0.1, -0.05) is 40.5 Å². The molecule has 0 amide bonds. The summed E-state index contributed by atoms with van der Waals surface area (Å²) < 4.78 is 31.9. The molecule has 0 unspecified atom stereocenters. The quantitative estimate of drug-likeness (QED) is 0.449. The Kier molecular flexibility index (Phi) is 4.74. The van der Waals surface area contributed by atoms with Crippen LogP contribution in [0.5, 0.6) is 0 Å². The van der Waals surface area contributed by atoms with E-state index in [-0.39, 0.29) is 4.90 Å². The van der Waals surface area contributed by atoms with Gasteiger partial charge in [-0.25, -0.2) is 0 Å². The van der Waals surface area contributed by atoms with Crippen LogP contribution in [-0.4, -0.2) is 22.8 Å². The molecule has 2 heterocycles. The first-order valence-electron chi connectivity index (χ1n) is 8.15. The fraction of sp³-hybridized carbons (Fsp3) is 0.0526. The molecular formula is C19H13Cl2N3O3S. The lowest BCUT2D eigenvalue weighted by atomic mass is 10.0. The van der Waals surface area contributed by atoms with Crippen molar-refractivity contribution in [1.82, 2.24) is 14.3 Å². The van der Waals surface area contributed by atoms with Crippen LogP contribution in [0.1, 0.15) is 5.76 Å². The molecule has 4 rings (SSSR count). The van der Waals surface area contributed by atoms with Crippen LogP contribution in [0.15, 0.2) is 70.2 Å². The Bertz CT molecular complexity index is 1240. The number of aryl methyl sites for hydroxylation is 1. The Morgan fingerprint density at radius 2 is 1.54 bits per heavy atom. The van der Waals surface area contributed by atoms with Crippen LogP contribution in [0.4, 0.5) is 0 Å². The van der Waals surface area contributed by atoms with Gasteiger partial charge in [-0.3, -0.25) is 0 Å². The first-order valence-corrected chi connectivity index (χ1v) is 10.4. The molecule has 142 valence electrons. The van der Waals surface area contributed by atoms with Crippen molar-refractivity contribution < 1.29 is 12.9 Å². The summed E-state index contributed by atoms with van der Waals surface area (Å²) in [5, 5.41) is 9.41. The van der Waals surface area contributed by atoms with Gasteiger partial charge >= 0.3 is 0 Å². The van der Waals surface area contributed by atoms with Crippen LogP contribution in [-0.2, 0) is 10.0 Å². The highest BCUT2D eigenvalue weighted by Crippen LogP contribution is 2.34. The average molecular weight is 434 g/mol. The van der Waals surface area contributed by atoms with Gasteiger partial charge in [-0.2, -0.15) is 17.6 Å². The molecule has 0 atom stereocenters. The summed E-state index contributed by atoms with van der Waals surface area (Å²) in [6.45, 7) is 1.74. The van der Waals surface area contributed by atoms with E-state index in [1.54, 1.807) is 25.1 Å². The number of nitrogens with zero attached hydrogens (tertiary/aromatic N) is 3. The minimum Gasteiger partial charge on any atom is -0.360 e. The van der Waals surface area contributed by atoms with Crippen LogP contribution < -0.4 is 0 Å². The Morgan fingerprint density at radius 1 is 0.929 bits per heavy atom. The number of benzene rings is 2. The first kappa shape index (κ1) is 18.7. The number of hydrogen-bond acceptors (Lipinski definition) is 5. The molecule has 6 nitrogen and oxygen atoms in total. The Morgan fingerprint density at radius 3 is 2.18 bits per heavy atom. The van der Waals surface area contributed by atoms with Gasteiger partial charge in [0.15, 0.2) is 0 Å². The third-order valence-corrected chi connectivity index (χ3v) is 6.23. The molecule has 0 aliphatic rings. The fourth-order valence-corrected chi connectivity index (χ4v) is 4.13. The largest absolute Gasteiger partial charge is 0.360 e. The van der Waals surface area contributed by atoms with Crippen molar-refractivity contribution in [2.24, 2.45) is 0 Å². The number of halogens is 2. The van der Waals surface area contributed by atoms with Crippen molar-refractivity contribution in [2.75, 3.05) is 0 Å². The maximum Gasteiger partial charge on any atom is 0.282 e. The van der Waals surface area contributed by atoms with E-state index in [4.69, 9.17) is 27.7 Å². The van der Waals surface area contributed by atoms with Crippen LogP contribution in [0.25, 0.3) is 22.5 Å². The van der Waals surface area contributed by atoms with Crippen molar-refractivity contribution in [3.63, 3.8) is 0 Å². The summed E-state index contributed by atoms with van der Waals surface area (Å²) in [6.07, 6.45) is 1.39. The second-order valence-corrected chi connectivity index (χ2v) is 8.67. The van der Waals surface area contributed by atoms with Gasteiger partial charge in [0.25, 0.3) is 10.0 Å². The smallest absolute Gasteiger partial charge is 0.282 e. The summed E-state index contributed by atoms with van der Waals surface area (Å²) >= 11 is 11.8. The molecule has 0 aliphatic heterocycles. The summed E-state index contributed by atoms with van der Waals surface area (Å²) in [6, 6.07) is 14.6. The second kappa shape index (κ2) is 7.09. The fourth-order valence-electron chi connectivity index (χ4n) is 2.77. The first-order chi connectivity index (χ1) is 13.4. The summed E-state index contributed by atoms with van der Waals surface area (Å²) in [5.41, 5.74) is 2.39. The van der Waals surface area contributed by atoms with Crippen molar-refractivity contribution in [2.45, 2.75) is 11.8 Å². The monoisotopic (exact) mass is 433 g/mol. The van der Waals surface area contributed by atoms with E-state index in [2.05, 4.69) is 10.3 Å². The molecule has 0 fully saturated rings. The molecule has 0 aliphatic carbocycles. The zero-order valence-electron chi connectivity index (χ0n) is 14.5. The van der Waals surface area contributed by atoms with Crippen LogP contribution in [0.2, 0.25) is 10.0 Å². The van der Waals surface area contributed by atoms with E-state index in [1.165, 1.54) is 30.5 Å². The third-order valence-electron chi connectivity index (χ3n) is 4.16. The molecule has 9 heteroatoms. The highest BCUT2D eigenvalue weighted by Gasteiger charge is 2.23. The molecular weight excluding hydrogens is 421 g/mol. The summed E-state index contributed by atoms with van der Waals surface area (Å²) in [5.74, 6) is 0.527. The van der Waals surface area contributed by atoms with E-state index in [0.717, 1.165) is 9.65 Å². The predicted octanol–water partition coefficient (Wildman–Crippen LogP) is 5.06. The maximum absolute atomic E-state index is 12.8. The van der Waals surface area contributed by atoms with Crippen molar-refractivity contribution in [3.8, 4) is 22.5 Å². The van der Waals surface area contributed by atoms with Gasteiger partial charge in [0, 0.05) is 21.8 Å². The van der Waals surface area contributed by atoms with Crippen molar-refractivity contribution in [3.05, 3.63) is 76.6 Å². The number of hydrogen-bond donors (Lipinski definition) is 0. The Balaban J connectivity index is 1.77. The molecule has 4 aromatic rings. The van der Waals surface area contributed by atoms with E-state index >= 15 is 0 Å². The molecule has 0 N–H and O–H groups in total. The molecule has 0 bridgehead atoms. The molecule has 0 radical (unpaired) electrons. The minimum atomic E-state index is -3.84. The highest BCUT2D eigenvalue weighted by molar-refractivity contribution is 7.89. The van der Waals surface area contributed by atoms with Crippen LogP contribution >= 0.6 is 23.2 Å². The van der Waals surface area contributed by atoms with Gasteiger partial charge in [-0.15, -0.1) is 0 Å². The van der Waals surface area contributed by atoms with Gasteiger partial charge in [0.2, 0.25) is 0 Å². The van der Waals surface area contributed by atoms with Crippen molar-refractivity contribution >= 4 is 33.2 Å². The third kappa shape index (κ3) is 3.32. The zero-order valence-corrected chi connectivity index (χ0v) is 16.8. The Labute approximate surface area is 171 Å². The number of rotatable bonds is 4. The van der Waals surface area contributed by atoms with Crippen LogP contribution in [0.3, 0.4) is 0 Å². The minimum absolute atomic E-state index is 0.0894. The molecule has 0 spiro atoms. The standard InChI is InChI=1S/C19H13Cl2N3O3S/c1-12-18(19(23-27-12)13-2-4-14(20)5-3-13)17-10-11-24(22-17)28(25,26)16-8-6-15(21)7-9-16/h2-11H,1H3. The lowest BCUT2D eigenvalue weighted by molar-refractivity contribution is 0.400. The molecule has 0 saturated heterocycles. The predicted molar refractivity (Wildman–Crippen MR) is 107 cm³/mol. The van der Waals surface area contributed by atoms with Gasteiger partial charge in [0.05, 0.1) is 16.2 Å². The number of aromatic nitrogens is 3. The van der Waals surface area contributed by atoms with E-state index in [0.29, 0.717) is 32.8 Å². The average Bonchev–Trinajstić information content (AvgIpc) is 3.30. The summed E-state index contributed by atoms with van der Waals surface area (Å²) in [7, 11) is -3.84. The Hall–Kier alpha value is -2.61. The molecule has 2 aromatic carbocycles. The van der Waals surface area contributed by atoms with E-state index < -0.39 is 10.0 Å². The SMILES string of the molecule is Cc1onc(-c2ccc(Cl)cc2)c1-c1ccn(S(=O)(=O)c2ccc(Cl)cc2)n1. The molecule has 2 aromatic heterocycles. The molecule has 0 saturated carbocycles. The highest BCUT2D eigenvalue weighted by atomic mass is 35.5. The van der Waals surface area contributed by atoms with Gasteiger partial charge < -0.3 is 4.52 Å². The maximum atomic E-state index is 12.8.